The molecule has 0 amide bonds. The number of fused-ring (bicyclic) bond motifs is 1. The molecule has 0 atom stereocenters. The molecule has 0 radical (unpaired) electrons. The summed E-state index contributed by atoms with van der Waals surface area (Å²) < 4.78 is 5.25. The Kier molecular flexibility index (Phi) is 2.53. The van der Waals surface area contributed by atoms with E-state index in [2.05, 4.69) is 15.0 Å². The number of hydrogen-bond acceptors (Lipinski definition) is 5. The van der Waals surface area contributed by atoms with Crippen molar-refractivity contribution in [2.24, 2.45) is 0 Å². The van der Waals surface area contributed by atoms with Gasteiger partial charge in [0.25, 0.3) is 5.56 Å². The maximum atomic E-state index is 11.9. The minimum absolute atomic E-state index is 0.113. The van der Waals surface area contributed by atoms with Gasteiger partial charge in [-0.3, -0.25) is 4.79 Å². The van der Waals surface area contributed by atoms with Crippen LogP contribution in [0.1, 0.15) is 17.0 Å². The molecule has 0 spiro atoms. The van der Waals surface area contributed by atoms with Gasteiger partial charge in [0.05, 0.1) is 24.5 Å². The van der Waals surface area contributed by atoms with Crippen LogP contribution in [0.15, 0.2) is 10.2 Å². The van der Waals surface area contributed by atoms with Gasteiger partial charge in [-0.15, -0.1) is 11.3 Å². The van der Waals surface area contributed by atoms with E-state index in [1.54, 1.807) is 0 Å². The standard InChI is InChI=1S/C11H11N3O2S/c1-6-5-17-11(12-6)9-13-8-2-3-16-4-7(8)10(15)14-9/h5H,2-4H2,1H3,(H,13,14,15). The third-order valence-corrected chi connectivity index (χ3v) is 3.62. The number of ether oxygens (including phenoxy) is 1. The van der Waals surface area contributed by atoms with Gasteiger partial charge in [-0.1, -0.05) is 0 Å². The van der Waals surface area contributed by atoms with E-state index in [-0.39, 0.29) is 5.56 Å². The lowest BCUT2D eigenvalue weighted by Crippen LogP contribution is -2.24. The lowest BCUT2D eigenvalue weighted by Gasteiger charge is -2.14. The number of aromatic nitrogens is 3. The van der Waals surface area contributed by atoms with Crippen molar-refractivity contribution in [3.05, 3.63) is 32.7 Å². The Morgan fingerprint density at radius 1 is 1.47 bits per heavy atom. The van der Waals surface area contributed by atoms with Gasteiger partial charge in [0.15, 0.2) is 10.8 Å². The average molecular weight is 249 g/mol. The predicted octanol–water partition coefficient (Wildman–Crippen LogP) is 1.27. The molecule has 1 N–H and O–H groups in total. The van der Waals surface area contributed by atoms with Crippen LogP contribution in [0.4, 0.5) is 0 Å². The van der Waals surface area contributed by atoms with Crippen LogP contribution < -0.4 is 5.56 Å². The molecule has 2 aromatic rings. The Bertz CT molecular complexity index is 617. The molecule has 6 heteroatoms. The number of aromatic amines is 1. The van der Waals surface area contributed by atoms with Crippen molar-refractivity contribution in [1.29, 1.82) is 0 Å². The molecule has 17 heavy (non-hydrogen) atoms. The molecule has 0 unspecified atom stereocenters. The van der Waals surface area contributed by atoms with Gasteiger partial charge >= 0.3 is 0 Å². The molecule has 3 heterocycles. The summed E-state index contributed by atoms with van der Waals surface area (Å²) in [4.78, 5) is 23.4. The van der Waals surface area contributed by atoms with Crippen LogP contribution in [0.25, 0.3) is 10.8 Å². The maximum absolute atomic E-state index is 11.9. The van der Waals surface area contributed by atoms with Crippen LogP contribution >= 0.6 is 11.3 Å². The first-order valence-electron chi connectivity index (χ1n) is 5.36. The second-order valence-corrected chi connectivity index (χ2v) is 4.79. The number of hydrogen-bond donors (Lipinski definition) is 1. The number of nitrogens with one attached hydrogen (secondary N) is 1. The van der Waals surface area contributed by atoms with E-state index < -0.39 is 0 Å². The summed E-state index contributed by atoms with van der Waals surface area (Å²) in [5.74, 6) is 0.564. The summed E-state index contributed by atoms with van der Waals surface area (Å²) in [7, 11) is 0. The number of thiazole rings is 1. The normalized spacial score (nSPS) is 14.6. The van der Waals surface area contributed by atoms with Crippen molar-refractivity contribution in [1.82, 2.24) is 15.0 Å². The average Bonchev–Trinajstić information content (AvgIpc) is 2.76. The van der Waals surface area contributed by atoms with E-state index in [9.17, 15) is 4.79 Å². The van der Waals surface area contributed by atoms with E-state index in [4.69, 9.17) is 4.74 Å². The molecule has 3 rings (SSSR count). The number of aryl methyl sites for hydroxylation is 1. The molecule has 0 aliphatic carbocycles. The van der Waals surface area contributed by atoms with Crippen molar-refractivity contribution in [2.75, 3.05) is 6.61 Å². The largest absolute Gasteiger partial charge is 0.376 e. The molecule has 1 aliphatic heterocycles. The van der Waals surface area contributed by atoms with Crippen LogP contribution in [0.2, 0.25) is 0 Å². The fraction of sp³-hybridized carbons (Fsp3) is 0.364. The minimum Gasteiger partial charge on any atom is -0.376 e. The van der Waals surface area contributed by atoms with Crippen LogP contribution in [-0.4, -0.2) is 21.6 Å². The van der Waals surface area contributed by atoms with Gasteiger partial charge in [-0.05, 0) is 6.92 Å². The zero-order valence-electron chi connectivity index (χ0n) is 9.32. The molecule has 0 aromatic carbocycles. The molecule has 5 nitrogen and oxygen atoms in total. The quantitative estimate of drug-likeness (QED) is 0.826. The Balaban J connectivity index is 2.13. The second kappa shape index (κ2) is 4.05. The summed E-state index contributed by atoms with van der Waals surface area (Å²) >= 11 is 1.49. The van der Waals surface area contributed by atoms with Gasteiger partial charge < -0.3 is 9.72 Å². The maximum Gasteiger partial charge on any atom is 0.257 e. The molecule has 88 valence electrons. The second-order valence-electron chi connectivity index (χ2n) is 3.94. The zero-order chi connectivity index (χ0) is 11.8. The summed E-state index contributed by atoms with van der Waals surface area (Å²) in [6.45, 7) is 2.90. The Morgan fingerprint density at radius 3 is 3.12 bits per heavy atom. The van der Waals surface area contributed by atoms with Crippen molar-refractivity contribution in [3.63, 3.8) is 0 Å². The number of rotatable bonds is 1. The fourth-order valence-electron chi connectivity index (χ4n) is 1.81. The van der Waals surface area contributed by atoms with Crippen molar-refractivity contribution in [3.8, 4) is 10.8 Å². The van der Waals surface area contributed by atoms with E-state index in [1.807, 2.05) is 12.3 Å². The first-order valence-corrected chi connectivity index (χ1v) is 6.24. The van der Waals surface area contributed by atoms with Crippen molar-refractivity contribution in [2.45, 2.75) is 20.0 Å². The van der Waals surface area contributed by atoms with Gasteiger partial charge in [-0.25, -0.2) is 9.97 Å². The third-order valence-electron chi connectivity index (χ3n) is 2.65. The van der Waals surface area contributed by atoms with Crippen LogP contribution in [0, 0.1) is 6.92 Å². The number of nitrogens with zero attached hydrogens (tertiary/aromatic N) is 2. The zero-order valence-corrected chi connectivity index (χ0v) is 10.1. The highest BCUT2D eigenvalue weighted by molar-refractivity contribution is 7.13. The summed E-state index contributed by atoms with van der Waals surface area (Å²) in [5.41, 5.74) is 2.31. The molecule has 2 aromatic heterocycles. The lowest BCUT2D eigenvalue weighted by molar-refractivity contribution is 0.108. The van der Waals surface area contributed by atoms with Gasteiger partial charge in [0.2, 0.25) is 0 Å². The smallest absolute Gasteiger partial charge is 0.257 e. The van der Waals surface area contributed by atoms with Crippen LogP contribution in [-0.2, 0) is 17.8 Å². The summed E-state index contributed by atoms with van der Waals surface area (Å²) in [6, 6.07) is 0. The van der Waals surface area contributed by atoms with E-state index in [0.717, 1.165) is 16.4 Å². The van der Waals surface area contributed by atoms with Gasteiger partial charge in [-0.2, -0.15) is 0 Å². The summed E-state index contributed by atoms with van der Waals surface area (Å²) in [6.07, 6.45) is 0.691. The highest BCUT2D eigenvalue weighted by Crippen LogP contribution is 2.20. The van der Waals surface area contributed by atoms with E-state index >= 15 is 0 Å². The van der Waals surface area contributed by atoms with E-state index in [1.165, 1.54) is 11.3 Å². The molecular weight excluding hydrogens is 238 g/mol. The highest BCUT2D eigenvalue weighted by atomic mass is 32.1. The Morgan fingerprint density at radius 2 is 2.35 bits per heavy atom. The van der Waals surface area contributed by atoms with E-state index in [0.29, 0.717) is 31.0 Å². The molecular formula is C11H11N3O2S. The fourth-order valence-corrected chi connectivity index (χ4v) is 2.55. The first kappa shape index (κ1) is 10.6. The SMILES string of the molecule is Cc1csc(-c2nc3c(c(=O)[nH]2)COCC3)n1. The molecule has 0 saturated heterocycles. The van der Waals surface area contributed by atoms with Crippen molar-refractivity contribution >= 4 is 11.3 Å². The van der Waals surface area contributed by atoms with Crippen LogP contribution in [0.5, 0.6) is 0 Å². The minimum atomic E-state index is -0.113. The molecule has 1 aliphatic rings. The lowest BCUT2D eigenvalue weighted by atomic mass is 10.1. The monoisotopic (exact) mass is 249 g/mol. The highest BCUT2D eigenvalue weighted by Gasteiger charge is 2.17. The third kappa shape index (κ3) is 1.89. The molecule has 0 bridgehead atoms. The van der Waals surface area contributed by atoms with Crippen LogP contribution in [0.3, 0.4) is 0 Å². The summed E-state index contributed by atoms with van der Waals surface area (Å²) in [5, 5.41) is 2.70. The molecule has 0 saturated carbocycles. The van der Waals surface area contributed by atoms with Gasteiger partial charge in [0.1, 0.15) is 0 Å². The Labute approximate surface area is 102 Å². The number of H-pyrrole nitrogens is 1. The molecule has 0 fully saturated rings. The van der Waals surface area contributed by atoms with Gasteiger partial charge in [0, 0.05) is 17.5 Å². The van der Waals surface area contributed by atoms with Crippen molar-refractivity contribution < 1.29 is 4.74 Å². The first-order chi connectivity index (χ1) is 8.24. The Hall–Kier alpha value is -1.53. The predicted molar refractivity (Wildman–Crippen MR) is 64.1 cm³/mol. The topological polar surface area (TPSA) is 67.9 Å².